The zero-order valence-corrected chi connectivity index (χ0v) is 12.8. The van der Waals surface area contributed by atoms with Crippen LogP contribution in [0.3, 0.4) is 0 Å². The monoisotopic (exact) mass is 328 g/mol. The number of anilines is 1. The van der Waals surface area contributed by atoms with E-state index in [1.807, 2.05) is 30.3 Å². The van der Waals surface area contributed by atoms with E-state index < -0.39 is 5.69 Å². The Morgan fingerprint density at radius 2 is 1.96 bits per heavy atom. The van der Waals surface area contributed by atoms with Crippen LogP contribution in [-0.2, 0) is 6.54 Å². The molecular weight excluding hydrogens is 316 g/mol. The van der Waals surface area contributed by atoms with Crippen molar-refractivity contribution >= 4 is 17.5 Å². The maximum atomic E-state index is 12.2. The number of pyridine rings is 1. The predicted octanol–water partition coefficient (Wildman–Crippen LogP) is 1.56. The van der Waals surface area contributed by atoms with E-state index in [2.05, 4.69) is 15.0 Å². The highest BCUT2D eigenvalue weighted by atomic mass is 35.5. The summed E-state index contributed by atoms with van der Waals surface area (Å²) in [5.41, 5.74) is 0.451. The second-order valence-corrected chi connectivity index (χ2v) is 5.19. The lowest BCUT2D eigenvalue weighted by Crippen LogP contribution is -2.35. The van der Waals surface area contributed by atoms with Gasteiger partial charge in [0, 0.05) is 17.3 Å². The molecule has 0 radical (unpaired) electrons. The number of nitrogens with two attached hydrogens (primary N) is 1. The van der Waals surface area contributed by atoms with Crippen LogP contribution < -0.4 is 16.5 Å². The molecule has 0 saturated carbocycles. The molecule has 0 spiro atoms. The highest BCUT2D eigenvalue weighted by Crippen LogP contribution is 2.11. The van der Waals surface area contributed by atoms with Gasteiger partial charge in [0.15, 0.2) is 0 Å². The summed E-state index contributed by atoms with van der Waals surface area (Å²) in [7, 11) is 0. The molecule has 8 heteroatoms. The van der Waals surface area contributed by atoms with Gasteiger partial charge in [-0.25, -0.2) is 25.2 Å². The average molecular weight is 329 g/mol. The topological polar surface area (TPSA) is 89.9 Å². The van der Waals surface area contributed by atoms with Gasteiger partial charge in [0.2, 0.25) is 5.95 Å². The number of rotatable bonds is 4. The van der Waals surface area contributed by atoms with Crippen LogP contribution in [0.25, 0.3) is 5.82 Å². The summed E-state index contributed by atoms with van der Waals surface area (Å²) in [6, 6.07) is 12.8. The number of benzene rings is 1. The zero-order chi connectivity index (χ0) is 16.2. The van der Waals surface area contributed by atoms with Crippen LogP contribution in [0.2, 0.25) is 5.02 Å². The lowest BCUT2D eigenvalue weighted by Gasteiger charge is -2.16. The van der Waals surface area contributed by atoms with Crippen LogP contribution in [0.15, 0.2) is 59.8 Å². The molecule has 23 heavy (non-hydrogen) atoms. The van der Waals surface area contributed by atoms with Crippen LogP contribution in [0.4, 0.5) is 5.95 Å². The molecule has 2 N–H and O–H groups in total. The molecule has 3 rings (SSSR count). The first-order chi connectivity index (χ1) is 11.1. The Kier molecular flexibility index (Phi) is 4.31. The van der Waals surface area contributed by atoms with E-state index in [0.29, 0.717) is 17.4 Å². The van der Waals surface area contributed by atoms with Gasteiger partial charge in [-0.2, -0.15) is 4.98 Å². The Labute approximate surface area is 137 Å². The molecular formula is C15H13ClN6O. The zero-order valence-electron chi connectivity index (χ0n) is 12.0. The Bertz CT molecular complexity index is 867. The van der Waals surface area contributed by atoms with Crippen molar-refractivity contribution in [3.63, 3.8) is 0 Å². The minimum Gasteiger partial charge on any atom is -0.274 e. The molecule has 0 aliphatic carbocycles. The average Bonchev–Trinajstić information content (AvgIpc) is 2.55. The third kappa shape index (κ3) is 3.53. The highest BCUT2D eigenvalue weighted by Gasteiger charge is 2.10. The molecule has 0 aliphatic rings. The summed E-state index contributed by atoms with van der Waals surface area (Å²) in [6.07, 6.45) is 2.83. The van der Waals surface area contributed by atoms with Crippen molar-refractivity contribution in [1.82, 2.24) is 19.5 Å². The van der Waals surface area contributed by atoms with Gasteiger partial charge in [0.05, 0.1) is 6.54 Å². The second-order valence-electron chi connectivity index (χ2n) is 4.75. The first-order valence-electron chi connectivity index (χ1n) is 6.77. The molecule has 0 atom stereocenters. The van der Waals surface area contributed by atoms with Crippen LogP contribution in [0.5, 0.6) is 0 Å². The third-order valence-electron chi connectivity index (χ3n) is 3.10. The van der Waals surface area contributed by atoms with Crippen LogP contribution in [-0.4, -0.2) is 19.5 Å². The molecule has 2 heterocycles. The number of hydrogen-bond acceptors (Lipinski definition) is 6. The van der Waals surface area contributed by atoms with E-state index in [4.69, 9.17) is 17.4 Å². The summed E-state index contributed by atoms with van der Waals surface area (Å²) >= 11 is 5.89. The molecule has 0 aliphatic heterocycles. The highest BCUT2D eigenvalue weighted by molar-refractivity contribution is 6.30. The molecule has 0 bridgehead atoms. The smallest absolute Gasteiger partial charge is 0.274 e. The summed E-state index contributed by atoms with van der Waals surface area (Å²) in [4.78, 5) is 24.2. The minimum absolute atomic E-state index is 0.136. The van der Waals surface area contributed by atoms with Gasteiger partial charge in [0.1, 0.15) is 12.1 Å². The summed E-state index contributed by atoms with van der Waals surface area (Å²) in [5, 5.41) is 1.78. The van der Waals surface area contributed by atoms with Gasteiger partial charge in [-0.05, 0) is 11.6 Å². The summed E-state index contributed by atoms with van der Waals surface area (Å²) in [6.45, 7) is 0.389. The van der Waals surface area contributed by atoms with Crippen LogP contribution >= 0.6 is 11.6 Å². The van der Waals surface area contributed by atoms with Gasteiger partial charge < -0.3 is 0 Å². The van der Waals surface area contributed by atoms with Gasteiger partial charge in [-0.1, -0.05) is 41.9 Å². The van der Waals surface area contributed by atoms with Crippen molar-refractivity contribution in [3.8, 4) is 5.82 Å². The van der Waals surface area contributed by atoms with Gasteiger partial charge in [-0.15, -0.1) is 0 Å². The lowest BCUT2D eigenvalue weighted by atomic mass is 10.2. The number of nitrogens with zero attached hydrogens (tertiary/aromatic N) is 5. The van der Waals surface area contributed by atoms with Crippen molar-refractivity contribution in [2.24, 2.45) is 5.84 Å². The van der Waals surface area contributed by atoms with Crippen molar-refractivity contribution in [3.05, 3.63) is 76.1 Å². The second kappa shape index (κ2) is 6.55. The Hall–Kier alpha value is -2.77. The molecule has 3 aromatic rings. The van der Waals surface area contributed by atoms with Crippen LogP contribution in [0.1, 0.15) is 5.56 Å². The van der Waals surface area contributed by atoms with Crippen LogP contribution in [0, 0.1) is 0 Å². The van der Waals surface area contributed by atoms with E-state index in [9.17, 15) is 4.79 Å². The molecule has 0 saturated heterocycles. The Morgan fingerprint density at radius 1 is 1.17 bits per heavy atom. The molecule has 0 amide bonds. The number of aromatic nitrogens is 4. The van der Waals surface area contributed by atoms with Crippen molar-refractivity contribution in [2.45, 2.75) is 6.54 Å². The number of hydrogen-bond donors (Lipinski definition) is 1. The predicted molar refractivity (Wildman–Crippen MR) is 87.2 cm³/mol. The fourth-order valence-electron chi connectivity index (χ4n) is 2.00. The van der Waals surface area contributed by atoms with E-state index in [1.165, 1.54) is 22.1 Å². The van der Waals surface area contributed by atoms with Gasteiger partial charge >= 0.3 is 5.69 Å². The van der Waals surface area contributed by atoms with E-state index in [1.54, 1.807) is 12.1 Å². The molecule has 0 fully saturated rings. The number of hydrazine groups is 1. The van der Waals surface area contributed by atoms with Gasteiger partial charge in [0.25, 0.3) is 0 Å². The molecule has 1 aromatic carbocycles. The minimum atomic E-state index is -0.534. The Morgan fingerprint density at radius 3 is 2.65 bits per heavy atom. The molecule has 7 nitrogen and oxygen atoms in total. The molecule has 116 valence electrons. The maximum absolute atomic E-state index is 12.2. The van der Waals surface area contributed by atoms with Crippen molar-refractivity contribution in [2.75, 3.05) is 5.01 Å². The quantitative estimate of drug-likeness (QED) is 0.577. The third-order valence-corrected chi connectivity index (χ3v) is 3.33. The normalized spacial score (nSPS) is 10.5. The number of halogens is 1. The van der Waals surface area contributed by atoms with E-state index in [0.717, 1.165) is 5.56 Å². The fourth-order valence-corrected chi connectivity index (χ4v) is 2.15. The molecule has 2 aromatic heterocycles. The van der Waals surface area contributed by atoms with Crippen molar-refractivity contribution < 1.29 is 0 Å². The summed E-state index contributed by atoms with van der Waals surface area (Å²) < 4.78 is 1.20. The van der Waals surface area contributed by atoms with E-state index >= 15 is 0 Å². The van der Waals surface area contributed by atoms with Gasteiger partial charge in [-0.3, -0.25) is 5.01 Å². The van der Waals surface area contributed by atoms with Crippen molar-refractivity contribution in [1.29, 1.82) is 0 Å². The lowest BCUT2D eigenvalue weighted by molar-refractivity contribution is 0.758. The fraction of sp³-hybridized carbons (Fsp3) is 0.0667. The molecule has 0 unspecified atom stereocenters. The Balaban J connectivity index is 1.86. The first kappa shape index (κ1) is 15.1. The summed E-state index contributed by atoms with van der Waals surface area (Å²) in [5.74, 6) is 6.42. The standard InChI is InChI=1S/C15H13ClN6O/c16-12-6-7-18-13(8-12)21-10-19-14(20-15(21)23)22(17)9-11-4-2-1-3-5-11/h1-8,10H,9,17H2. The maximum Gasteiger partial charge on any atom is 0.357 e. The first-order valence-corrected chi connectivity index (χ1v) is 7.15. The van der Waals surface area contributed by atoms with E-state index in [-0.39, 0.29) is 5.95 Å². The SMILES string of the molecule is NN(Cc1ccccc1)c1ncn(-c2cc(Cl)ccn2)c(=O)n1. The largest absolute Gasteiger partial charge is 0.357 e.